The molecule has 2 aromatic heterocycles. The molecule has 1 saturated carbocycles. The SMILES string of the molecule is CNc1nc(N)nc2c1ncn2[C@@H]1O[C@]2(F)C(OP(=O)(O)OP(=O)(O)OP(=O)(O)O)[C@]2(O)[C@@]1(C)F. The molecule has 35 heavy (non-hydrogen) atoms. The van der Waals surface area contributed by atoms with E-state index in [2.05, 4.69) is 33.4 Å². The second-order valence-electron chi connectivity index (χ2n) is 7.54. The number of alkyl halides is 2. The first kappa shape index (κ1) is 26.4. The molecule has 4 rings (SSSR count). The van der Waals surface area contributed by atoms with Crippen LogP contribution < -0.4 is 11.1 Å². The number of aliphatic hydroxyl groups is 1. The fraction of sp³-hybridized carbons (Fsp3) is 0.583. The maximum Gasteiger partial charge on any atom is 0.490 e. The lowest BCUT2D eigenvalue weighted by Gasteiger charge is -2.30. The number of nitrogens with zero attached hydrogens (tertiary/aromatic N) is 4. The van der Waals surface area contributed by atoms with Crippen LogP contribution in [0.1, 0.15) is 13.2 Å². The van der Waals surface area contributed by atoms with Gasteiger partial charge >= 0.3 is 23.5 Å². The van der Waals surface area contributed by atoms with Crippen molar-refractivity contribution >= 4 is 46.4 Å². The Balaban J connectivity index is 1.61. The predicted octanol–water partition coefficient (Wildman–Crippen LogP) is -0.170. The molecule has 1 saturated heterocycles. The van der Waals surface area contributed by atoms with Crippen LogP contribution in [0, 0.1) is 0 Å². The van der Waals surface area contributed by atoms with Crippen LogP contribution in [0.25, 0.3) is 11.2 Å². The number of phosphoric acid groups is 3. The van der Waals surface area contributed by atoms with E-state index in [1.807, 2.05) is 0 Å². The summed E-state index contributed by atoms with van der Waals surface area (Å²) in [6.45, 7) is 0.661. The van der Waals surface area contributed by atoms with E-state index < -0.39 is 52.9 Å². The molecule has 196 valence electrons. The summed E-state index contributed by atoms with van der Waals surface area (Å²) in [5, 5.41) is 13.4. The van der Waals surface area contributed by atoms with Crippen molar-refractivity contribution in [2.45, 2.75) is 36.4 Å². The van der Waals surface area contributed by atoms with E-state index in [0.717, 1.165) is 10.9 Å². The van der Waals surface area contributed by atoms with Crippen LogP contribution in [-0.2, 0) is 31.6 Å². The van der Waals surface area contributed by atoms with E-state index in [-0.39, 0.29) is 22.9 Å². The lowest BCUT2D eigenvalue weighted by Crippen LogP contribution is -2.45. The molecule has 1 aliphatic heterocycles. The van der Waals surface area contributed by atoms with Gasteiger partial charge in [-0.05, 0) is 6.92 Å². The van der Waals surface area contributed by atoms with Crippen molar-refractivity contribution in [1.82, 2.24) is 19.5 Å². The summed E-state index contributed by atoms with van der Waals surface area (Å²) in [5.74, 6) is -3.64. The quantitative estimate of drug-likeness (QED) is 0.204. The van der Waals surface area contributed by atoms with Crippen molar-refractivity contribution in [1.29, 1.82) is 0 Å². The molecular weight excluding hydrogens is 551 g/mol. The number of imidazole rings is 1. The number of phosphoric ester groups is 1. The first-order chi connectivity index (χ1) is 15.8. The lowest BCUT2D eigenvalue weighted by molar-refractivity contribution is -0.157. The minimum atomic E-state index is -5.95. The molecule has 0 amide bonds. The number of nitrogens with two attached hydrogens (primary N) is 1. The average molecular weight is 568 g/mol. The molecule has 1 aliphatic carbocycles. The van der Waals surface area contributed by atoms with Crippen molar-refractivity contribution in [2.75, 3.05) is 18.1 Å². The van der Waals surface area contributed by atoms with Gasteiger partial charge in [-0.2, -0.15) is 18.6 Å². The number of halogens is 2. The highest BCUT2D eigenvalue weighted by Gasteiger charge is 2.96. The summed E-state index contributed by atoms with van der Waals surface area (Å²) < 4.78 is 82.5. The van der Waals surface area contributed by atoms with Crippen molar-refractivity contribution in [3.63, 3.8) is 0 Å². The number of anilines is 2. The smallest absolute Gasteiger partial charge is 0.378 e. The summed E-state index contributed by atoms with van der Waals surface area (Å²) >= 11 is 0. The Bertz CT molecular complexity index is 1350. The molecule has 8 N–H and O–H groups in total. The zero-order chi connectivity index (χ0) is 26.4. The zero-order valence-corrected chi connectivity index (χ0v) is 20.0. The third kappa shape index (κ3) is 4.09. The largest absolute Gasteiger partial charge is 0.490 e. The molecule has 2 fully saturated rings. The maximum atomic E-state index is 15.8. The molecule has 3 unspecified atom stereocenters. The Morgan fingerprint density at radius 3 is 2.31 bits per heavy atom. The van der Waals surface area contributed by atoms with Gasteiger partial charge in [-0.15, -0.1) is 0 Å². The van der Waals surface area contributed by atoms with Gasteiger partial charge in [-0.1, -0.05) is 0 Å². The van der Waals surface area contributed by atoms with E-state index in [1.165, 1.54) is 7.05 Å². The van der Waals surface area contributed by atoms with Gasteiger partial charge in [-0.3, -0.25) is 9.09 Å². The number of rotatable bonds is 8. The standard InChI is InChI=1S/C12H17F2N6O12P3/c1-10(13)8(20-3-17-4-5(16-2)18-9(15)19-6(4)20)29-12(14)7(11(10,12)21)30-34(25,26)32-35(27,28)31-33(22,23)24/h3,7-8,21H,1-2H3,(H,25,26)(H,27,28)(H2,22,23,24)(H3,15,16,18,19)/t7?,8-,10+,11+,12-/m1/s1. The highest BCUT2D eigenvalue weighted by atomic mass is 31.3. The summed E-state index contributed by atoms with van der Waals surface area (Å²) in [6, 6.07) is 0. The molecule has 3 heterocycles. The van der Waals surface area contributed by atoms with Gasteiger partial charge < -0.3 is 40.5 Å². The number of hydrogen-bond acceptors (Lipinski definition) is 13. The van der Waals surface area contributed by atoms with Gasteiger partial charge in [0.2, 0.25) is 5.95 Å². The van der Waals surface area contributed by atoms with Crippen LogP contribution in [0.15, 0.2) is 6.33 Å². The van der Waals surface area contributed by atoms with Crippen LogP contribution in [0.5, 0.6) is 0 Å². The molecular formula is C12H17F2N6O12P3. The van der Waals surface area contributed by atoms with E-state index in [0.29, 0.717) is 6.92 Å². The predicted molar refractivity (Wildman–Crippen MR) is 106 cm³/mol. The monoisotopic (exact) mass is 568 g/mol. The first-order valence-corrected chi connectivity index (χ1v) is 13.6. The molecule has 0 bridgehead atoms. The number of nitrogens with one attached hydrogen (secondary N) is 1. The number of ether oxygens (including phenoxy) is 1. The summed E-state index contributed by atoms with van der Waals surface area (Å²) in [4.78, 5) is 47.6. The van der Waals surface area contributed by atoms with Crippen LogP contribution >= 0.6 is 23.5 Å². The fourth-order valence-corrected chi connectivity index (χ4v) is 6.96. The van der Waals surface area contributed by atoms with Crippen LogP contribution in [0.2, 0.25) is 0 Å². The molecule has 0 radical (unpaired) electrons. The zero-order valence-electron chi connectivity index (χ0n) is 17.3. The van der Waals surface area contributed by atoms with Gasteiger partial charge in [0, 0.05) is 7.05 Å². The number of aromatic nitrogens is 4. The Hall–Kier alpha value is -1.66. The Kier molecular flexibility index (Phi) is 5.79. The fourth-order valence-electron chi connectivity index (χ4n) is 3.74. The summed E-state index contributed by atoms with van der Waals surface area (Å²) in [6.07, 6.45) is -3.60. The second-order valence-corrected chi connectivity index (χ2v) is 11.9. The van der Waals surface area contributed by atoms with Crippen LogP contribution in [-0.4, -0.2) is 74.5 Å². The van der Waals surface area contributed by atoms with E-state index >= 15 is 8.78 Å². The lowest BCUT2D eigenvalue weighted by atomic mass is 9.97. The minimum absolute atomic E-state index is 0.0754. The molecule has 18 nitrogen and oxygen atoms in total. The minimum Gasteiger partial charge on any atom is -0.378 e. The van der Waals surface area contributed by atoms with Crippen molar-refractivity contribution in [2.24, 2.45) is 0 Å². The third-order valence-corrected chi connectivity index (χ3v) is 9.03. The van der Waals surface area contributed by atoms with Gasteiger partial charge in [-0.25, -0.2) is 27.5 Å². The highest BCUT2D eigenvalue weighted by Crippen LogP contribution is 2.75. The molecule has 0 spiro atoms. The normalized spacial score (nSPS) is 35.9. The van der Waals surface area contributed by atoms with Gasteiger partial charge in [0.05, 0.1) is 6.33 Å². The number of hydrogen-bond donors (Lipinski definition) is 7. The Morgan fingerprint density at radius 2 is 1.80 bits per heavy atom. The third-order valence-electron chi connectivity index (χ3n) is 5.23. The molecule has 23 heteroatoms. The Morgan fingerprint density at radius 1 is 1.17 bits per heavy atom. The summed E-state index contributed by atoms with van der Waals surface area (Å²) in [7, 11) is -16.1. The number of fused-ring (bicyclic) bond motifs is 2. The maximum absolute atomic E-state index is 15.8. The number of nitrogen functional groups attached to an aromatic ring is 1. The first-order valence-electron chi connectivity index (χ1n) is 9.06. The van der Waals surface area contributed by atoms with Gasteiger partial charge in [0.1, 0.15) is 0 Å². The molecule has 2 aliphatic rings. The Labute approximate surface area is 192 Å². The summed E-state index contributed by atoms with van der Waals surface area (Å²) in [5.41, 5.74) is -0.864. The topological polar surface area (TPSA) is 271 Å². The highest BCUT2D eigenvalue weighted by molar-refractivity contribution is 7.66. The van der Waals surface area contributed by atoms with Gasteiger partial charge in [0.25, 0.3) is 5.85 Å². The average Bonchev–Trinajstić information content (AvgIpc) is 2.94. The van der Waals surface area contributed by atoms with E-state index in [4.69, 9.17) is 20.3 Å². The van der Waals surface area contributed by atoms with Crippen molar-refractivity contribution in [3.05, 3.63) is 6.33 Å². The van der Waals surface area contributed by atoms with Crippen LogP contribution in [0.3, 0.4) is 0 Å². The van der Waals surface area contributed by atoms with E-state index in [1.54, 1.807) is 0 Å². The van der Waals surface area contributed by atoms with Crippen molar-refractivity contribution in [3.8, 4) is 0 Å². The van der Waals surface area contributed by atoms with Gasteiger partial charge in [0.15, 0.2) is 40.6 Å². The molecule has 0 aromatic carbocycles. The molecule has 7 atom stereocenters. The van der Waals surface area contributed by atoms with E-state index in [9.17, 15) is 28.6 Å². The van der Waals surface area contributed by atoms with Crippen molar-refractivity contribution < 1.29 is 65.0 Å². The molecule has 2 aromatic rings. The van der Waals surface area contributed by atoms with Crippen LogP contribution in [0.4, 0.5) is 20.5 Å². The second kappa shape index (κ2) is 7.67.